The van der Waals surface area contributed by atoms with Crippen LogP contribution in [0.15, 0.2) is 60.7 Å². The Morgan fingerprint density at radius 2 is 1.56 bits per heavy atom. The van der Waals surface area contributed by atoms with E-state index in [0.717, 1.165) is 11.1 Å². The van der Waals surface area contributed by atoms with E-state index in [4.69, 9.17) is 11.2 Å². The van der Waals surface area contributed by atoms with Crippen molar-refractivity contribution in [2.45, 2.75) is 102 Å². The lowest BCUT2D eigenvalue weighted by atomic mass is 10.0. The second-order valence-electron chi connectivity index (χ2n) is 14.7. The van der Waals surface area contributed by atoms with Crippen LogP contribution in [0.5, 0.6) is 0 Å². The summed E-state index contributed by atoms with van der Waals surface area (Å²) in [5.74, 6) is -1.95. The summed E-state index contributed by atoms with van der Waals surface area (Å²) >= 11 is 0. The minimum Gasteiger partial charge on any atom is -0.458 e. The van der Waals surface area contributed by atoms with Gasteiger partial charge in [-0.05, 0) is 50.2 Å². The zero-order valence-electron chi connectivity index (χ0n) is 31.7. The molecule has 14 nitrogen and oxygen atoms in total. The molecule has 3 saturated heterocycles. The predicted molar refractivity (Wildman–Crippen MR) is 201 cm³/mol. The van der Waals surface area contributed by atoms with Crippen molar-refractivity contribution in [1.82, 2.24) is 30.7 Å². The number of esters is 1. The molecular formula is C41H50N6O8. The minimum atomic E-state index is -1.49. The highest BCUT2D eigenvalue weighted by Crippen LogP contribution is 2.27. The zero-order chi connectivity index (χ0) is 39.8. The number of rotatable bonds is 8. The SMILES string of the molecule is C#CC[C@H]1C(=O)N[C@@H](C)C(=O)N2C[C@H](C)C[C@H]2C(=O)O[C@@H](C)[C@H](NC(=O)[C@H](Cc2ccccc2)NC(=O)Cc2ccccc2)C(=O)N2CCC[C@H]2C(=O)N1C. The molecule has 0 aromatic heterocycles. The number of terminal acetylenes is 1. The van der Waals surface area contributed by atoms with Gasteiger partial charge in [-0.1, -0.05) is 67.6 Å². The van der Waals surface area contributed by atoms with Crippen LogP contribution < -0.4 is 16.0 Å². The fraction of sp³-hybridized carbons (Fsp3) is 0.488. The molecule has 0 bridgehead atoms. The Morgan fingerprint density at radius 3 is 2.22 bits per heavy atom. The molecule has 0 unspecified atom stereocenters. The third-order valence-corrected chi connectivity index (χ3v) is 10.5. The summed E-state index contributed by atoms with van der Waals surface area (Å²) < 4.78 is 5.92. The van der Waals surface area contributed by atoms with Crippen LogP contribution in [0.2, 0.25) is 0 Å². The number of amides is 6. The van der Waals surface area contributed by atoms with Crippen LogP contribution in [0.4, 0.5) is 0 Å². The van der Waals surface area contributed by atoms with E-state index in [1.807, 2.05) is 43.3 Å². The van der Waals surface area contributed by atoms with Crippen LogP contribution in [0.25, 0.3) is 0 Å². The molecule has 0 radical (unpaired) electrons. The number of likely N-dealkylation sites (N-methyl/N-ethyl adjacent to an activating group) is 1. The average molecular weight is 755 g/mol. The smallest absolute Gasteiger partial charge is 0.329 e. The van der Waals surface area contributed by atoms with Crippen LogP contribution in [0.1, 0.15) is 57.6 Å². The van der Waals surface area contributed by atoms with Crippen molar-refractivity contribution in [1.29, 1.82) is 0 Å². The normalized spacial score (nSPS) is 27.0. The largest absolute Gasteiger partial charge is 0.458 e. The Balaban J connectivity index is 1.49. The lowest BCUT2D eigenvalue weighted by Gasteiger charge is -2.36. The molecule has 3 aliphatic rings. The Labute approximate surface area is 321 Å². The first-order chi connectivity index (χ1) is 26.3. The van der Waals surface area contributed by atoms with Crippen molar-refractivity contribution >= 4 is 41.4 Å². The molecule has 5 rings (SSSR count). The summed E-state index contributed by atoms with van der Waals surface area (Å²) in [4.78, 5) is 101. The van der Waals surface area contributed by atoms with Gasteiger partial charge in [-0.3, -0.25) is 28.8 Å². The van der Waals surface area contributed by atoms with Crippen LogP contribution in [0.3, 0.4) is 0 Å². The number of benzene rings is 2. The molecule has 3 heterocycles. The van der Waals surface area contributed by atoms with Gasteiger partial charge in [0.25, 0.3) is 0 Å². The van der Waals surface area contributed by atoms with Gasteiger partial charge in [-0.2, -0.15) is 0 Å². The van der Waals surface area contributed by atoms with Crippen LogP contribution in [-0.2, 0) is 51.1 Å². The maximum Gasteiger partial charge on any atom is 0.329 e. The first kappa shape index (κ1) is 40.5. The highest BCUT2D eigenvalue weighted by molar-refractivity contribution is 5.98. The van der Waals surface area contributed by atoms with Gasteiger partial charge in [-0.25, -0.2) is 4.79 Å². The predicted octanol–water partition coefficient (Wildman–Crippen LogP) is 0.970. The molecule has 3 fully saturated rings. The van der Waals surface area contributed by atoms with E-state index in [1.165, 1.54) is 35.6 Å². The number of carbonyl (C=O) groups excluding carboxylic acids is 7. The standard InChI is InChI=1S/C41H50N6O8/c1-6-14-31-37(50)42-26(3)38(51)47-24-25(2)21-33(47)41(54)55-27(4)35(40(53)46-20-13-19-32(46)39(52)45(31)5)44-36(49)30(22-28-15-9-7-10-16-28)43-34(48)23-29-17-11-8-12-18-29/h1,7-12,15-18,25-27,30-33,35H,13-14,19-24H2,2-5H3,(H,42,50)(H,43,48)(H,44,49)/t25-,26+,27+,30+,31+,32+,33+,35+/m1/s1. The van der Waals surface area contributed by atoms with E-state index in [-0.39, 0.29) is 51.1 Å². The van der Waals surface area contributed by atoms with Crippen molar-refractivity contribution in [3.63, 3.8) is 0 Å². The summed E-state index contributed by atoms with van der Waals surface area (Å²) in [6.07, 6.45) is 5.29. The zero-order valence-corrected chi connectivity index (χ0v) is 31.7. The van der Waals surface area contributed by atoms with Crippen LogP contribution in [0, 0.1) is 18.3 Å². The maximum atomic E-state index is 14.6. The number of cyclic esters (lactones) is 1. The van der Waals surface area contributed by atoms with Gasteiger partial charge >= 0.3 is 5.97 Å². The van der Waals surface area contributed by atoms with E-state index < -0.39 is 83.8 Å². The molecule has 3 N–H and O–H groups in total. The van der Waals surface area contributed by atoms with Crippen molar-refractivity contribution in [3.05, 3.63) is 71.8 Å². The molecule has 3 aliphatic heterocycles. The summed E-state index contributed by atoms with van der Waals surface area (Å²) in [6, 6.07) is 11.2. The van der Waals surface area contributed by atoms with Crippen molar-refractivity contribution in [3.8, 4) is 12.3 Å². The number of ether oxygens (including phenoxy) is 1. The molecule has 14 heteroatoms. The fourth-order valence-corrected chi connectivity index (χ4v) is 7.55. The number of hydrogen-bond acceptors (Lipinski definition) is 8. The Morgan fingerprint density at radius 1 is 0.909 bits per heavy atom. The quantitative estimate of drug-likeness (QED) is 0.264. The molecule has 2 aromatic rings. The molecule has 0 saturated carbocycles. The Bertz CT molecular complexity index is 1800. The number of nitrogens with one attached hydrogen (secondary N) is 3. The van der Waals surface area contributed by atoms with Crippen molar-refractivity contribution in [2.75, 3.05) is 20.1 Å². The molecule has 6 amide bonds. The van der Waals surface area contributed by atoms with Gasteiger partial charge < -0.3 is 35.4 Å². The molecule has 55 heavy (non-hydrogen) atoms. The average Bonchev–Trinajstić information content (AvgIpc) is 3.82. The van der Waals surface area contributed by atoms with Crippen LogP contribution in [-0.4, -0.2) is 119 Å². The first-order valence-corrected chi connectivity index (χ1v) is 18.8. The van der Waals surface area contributed by atoms with Gasteiger partial charge in [0.15, 0.2) is 0 Å². The number of nitrogens with zero attached hydrogens (tertiary/aromatic N) is 3. The number of carbonyl (C=O) groups is 7. The lowest BCUT2D eigenvalue weighted by Crippen LogP contribution is -2.62. The third kappa shape index (κ3) is 9.70. The Hall–Kier alpha value is -5.71. The highest BCUT2D eigenvalue weighted by Gasteiger charge is 2.46. The summed E-state index contributed by atoms with van der Waals surface area (Å²) in [6.45, 7) is 5.23. The Kier molecular flexibility index (Phi) is 13.3. The summed E-state index contributed by atoms with van der Waals surface area (Å²) in [7, 11) is 1.43. The van der Waals surface area contributed by atoms with Gasteiger partial charge in [0.1, 0.15) is 42.4 Å². The van der Waals surface area contributed by atoms with Crippen LogP contribution >= 0.6 is 0 Å². The van der Waals surface area contributed by atoms with E-state index in [1.54, 1.807) is 24.3 Å². The van der Waals surface area contributed by atoms with E-state index in [2.05, 4.69) is 21.9 Å². The lowest BCUT2D eigenvalue weighted by molar-refractivity contribution is -0.162. The summed E-state index contributed by atoms with van der Waals surface area (Å²) in [5.41, 5.74) is 1.49. The van der Waals surface area contributed by atoms with E-state index in [0.29, 0.717) is 6.42 Å². The molecule has 2 aromatic carbocycles. The monoisotopic (exact) mass is 754 g/mol. The number of hydrogen-bond donors (Lipinski definition) is 3. The maximum absolute atomic E-state index is 14.6. The molecule has 8 atom stereocenters. The summed E-state index contributed by atoms with van der Waals surface area (Å²) in [5, 5.41) is 8.26. The van der Waals surface area contributed by atoms with Gasteiger partial charge in [0.05, 0.1) is 6.42 Å². The van der Waals surface area contributed by atoms with E-state index in [9.17, 15) is 33.6 Å². The van der Waals surface area contributed by atoms with E-state index >= 15 is 0 Å². The fourth-order valence-electron chi connectivity index (χ4n) is 7.55. The second-order valence-corrected chi connectivity index (χ2v) is 14.7. The first-order valence-electron chi connectivity index (χ1n) is 18.8. The third-order valence-electron chi connectivity index (χ3n) is 10.5. The van der Waals surface area contributed by atoms with Crippen molar-refractivity contribution in [2.24, 2.45) is 5.92 Å². The van der Waals surface area contributed by atoms with Gasteiger partial charge in [-0.15, -0.1) is 12.3 Å². The second kappa shape index (κ2) is 18.1. The molecule has 0 aliphatic carbocycles. The minimum absolute atomic E-state index is 0.00716. The molecule has 0 spiro atoms. The highest BCUT2D eigenvalue weighted by atomic mass is 16.5. The van der Waals surface area contributed by atoms with Gasteiger partial charge in [0, 0.05) is 33.0 Å². The molecular weight excluding hydrogens is 704 g/mol. The molecule has 292 valence electrons. The van der Waals surface area contributed by atoms with Gasteiger partial charge in [0.2, 0.25) is 35.4 Å². The topological polar surface area (TPSA) is 175 Å². The van der Waals surface area contributed by atoms with Crippen molar-refractivity contribution < 1.29 is 38.3 Å². The number of fused-ring (bicyclic) bond motifs is 2.